The maximum absolute atomic E-state index is 9.71. The molecule has 0 heterocycles. The predicted molar refractivity (Wildman–Crippen MR) is 34.9 cm³/mol. The summed E-state index contributed by atoms with van der Waals surface area (Å²) in [7, 11) is 0. The summed E-state index contributed by atoms with van der Waals surface area (Å²) in [6, 6.07) is 0. The lowest BCUT2D eigenvalue weighted by Gasteiger charge is -1.82. The molecule has 0 spiro atoms. The maximum Gasteiger partial charge on any atom is 0.120 e. The van der Waals surface area contributed by atoms with Crippen LogP contribution in [0.15, 0.2) is 11.1 Å². The van der Waals surface area contributed by atoms with E-state index in [4.69, 9.17) is 11.6 Å². The third-order valence-electron chi connectivity index (χ3n) is 0.710. The molecule has 0 fully saturated rings. The molecular formula is C6H9ClO. The molecule has 8 heavy (non-hydrogen) atoms. The average Bonchev–Trinajstić information content (AvgIpc) is 1.66. The third-order valence-corrected chi connectivity index (χ3v) is 0.864. The minimum Gasteiger partial charge on any atom is -0.303 e. The summed E-state index contributed by atoms with van der Waals surface area (Å²) in [6.07, 6.45) is 4.05. The number of halogens is 1. The highest BCUT2D eigenvalue weighted by Gasteiger charge is 1.79. The van der Waals surface area contributed by atoms with Crippen LogP contribution in [-0.2, 0) is 4.79 Å². The first kappa shape index (κ1) is 7.70. The molecule has 0 atom stereocenters. The van der Waals surface area contributed by atoms with Gasteiger partial charge in [0.25, 0.3) is 0 Å². The van der Waals surface area contributed by atoms with Gasteiger partial charge in [-0.3, -0.25) is 0 Å². The minimum absolute atomic E-state index is 0.573. The number of allylic oxidation sites excluding steroid dienone is 2. The molecule has 2 heteroatoms. The van der Waals surface area contributed by atoms with Gasteiger partial charge in [-0.1, -0.05) is 17.7 Å². The molecule has 1 nitrogen and oxygen atoms in total. The van der Waals surface area contributed by atoms with E-state index in [1.54, 1.807) is 6.92 Å². The van der Waals surface area contributed by atoms with Crippen LogP contribution in [0.3, 0.4) is 0 Å². The average molecular weight is 133 g/mol. The Morgan fingerprint density at radius 2 is 2.25 bits per heavy atom. The van der Waals surface area contributed by atoms with E-state index in [0.29, 0.717) is 6.42 Å². The van der Waals surface area contributed by atoms with Gasteiger partial charge in [0.1, 0.15) is 6.29 Å². The lowest BCUT2D eigenvalue weighted by Crippen LogP contribution is -1.70. The fraction of sp³-hybridized carbons (Fsp3) is 0.500. The van der Waals surface area contributed by atoms with Gasteiger partial charge in [-0.05, 0) is 13.3 Å². The molecule has 0 aromatic heterocycles. The summed E-state index contributed by atoms with van der Waals surface area (Å²) in [5.74, 6) is 0. The van der Waals surface area contributed by atoms with Crippen LogP contribution in [0.2, 0.25) is 0 Å². The maximum atomic E-state index is 9.71. The van der Waals surface area contributed by atoms with E-state index >= 15 is 0 Å². The number of hydrogen-bond donors (Lipinski definition) is 0. The Balaban J connectivity index is 3.15. The standard InChI is InChI=1S/C6H9ClO/c1-6(7)4-2-3-5-8/h4-5H,2-3H2,1H3. The Hall–Kier alpha value is -0.300. The Labute approximate surface area is 54.3 Å². The topological polar surface area (TPSA) is 17.1 Å². The minimum atomic E-state index is 0.573. The van der Waals surface area contributed by atoms with Gasteiger partial charge in [-0.2, -0.15) is 0 Å². The molecule has 0 aliphatic carbocycles. The van der Waals surface area contributed by atoms with Gasteiger partial charge < -0.3 is 4.79 Å². The van der Waals surface area contributed by atoms with Crippen molar-refractivity contribution in [2.24, 2.45) is 0 Å². The van der Waals surface area contributed by atoms with Crippen LogP contribution in [0.4, 0.5) is 0 Å². The second kappa shape index (κ2) is 4.85. The lowest BCUT2D eigenvalue weighted by atomic mass is 10.3. The summed E-state index contributed by atoms with van der Waals surface area (Å²) in [5.41, 5.74) is 0. The van der Waals surface area contributed by atoms with Crippen molar-refractivity contribution < 1.29 is 4.79 Å². The highest BCUT2D eigenvalue weighted by Crippen LogP contribution is 2.00. The smallest absolute Gasteiger partial charge is 0.120 e. The molecule has 0 aromatic rings. The van der Waals surface area contributed by atoms with E-state index in [2.05, 4.69) is 0 Å². The van der Waals surface area contributed by atoms with E-state index in [1.807, 2.05) is 6.08 Å². The zero-order valence-corrected chi connectivity index (χ0v) is 5.61. The molecule has 0 saturated carbocycles. The summed E-state index contributed by atoms with van der Waals surface area (Å²) >= 11 is 5.46. The molecule has 0 amide bonds. The first-order chi connectivity index (χ1) is 3.77. The van der Waals surface area contributed by atoms with Crippen molar-refractivity contribution in [1.82, 2.24) is 0 Å². The molecule has 0 bridgehead atoms. The van der Waals surface area contributed by atoms with E-state index < -0.39 is 0 Å². The Kier molecular flexibility index (Phi) is 4.67. The monoisotopic (exact) mass is 132 g/mol. The number of hydrogen-bond acceptors (Lipinski definition) is 1. The first-order valence-corrected chi connectivity index (χ1v) is 2.91. The van der Waals surface area contributed by atoms with Gasteiger partial charge >= 0.3 is 0 Å². The zero-order valence-electron chi connectivity index (χ0n) is 4.86. The van der Waals surface area contributed by atoms with Crippen molar-refractivity contribution in [2.75, 3.05) is 0 Å². The van der Waals surface area contributed by atoms with Gasteiger partial charge in [0.2, 0.25) is 0 Å². The quantitative estimate of drug-likeness (QED) is 0.425. The SMILES string of the molecule is CC(Cl)=CCCC=O. The van der Waals surface area contributed by atoms with Crippen LogP contribution >= 0.6 is 11.6 Å². The zero-order chi connectivity index (χ0) is 6.41. The number of rotatable bonds is 3. The van der Waals surface area contributed by atoms with Crippen LogP contribution in [0.5, 0.6) is 0 Å². The van der Waals surface area contributed by atoms with Gasteiger partial charge in [0.05, 0.1) is 0 Å². The van der Waals surface area contributed by atoms with Crippen molar-refractivity contribution in [1.29, 1.82) is 0 Å². The largest absolute Gasteiger partial charge is 0.303 e. The van der Waals surface area contributed by atoms with Gasteiger partial charge in [0, 0.05) is 11.5 Å². The van der Waals surface area contributed by atoms with E-state index in [-0.39, 0.29) is 0 Å². The van der Waals surface area contributed by atoms with Crippen molar-refractivity contribution in [3.63, 3.8) is 0 Å². The lowest BCUT2D eigenvalue weighted by molar-refractivity contribution is -0.107. The number of unbranched alkanes of at least 4 members (excludes halogenated alkanes) is 1. The molecule has 0 aliphatic rings. The van der Waals surface area contributed by atoms with Crippen molar-refractivity contribution >= 4 is 17.9 Å². The van der Waals surface area contributed by atoms with Crippen LogP contribution in [0.1, 0.15) is 19.8 Å². The third kappa shape index (κ3) is 5.70. The second-order valence-electron chi connectivity index (χ2n) is 1.53. The molecule has 0 radical (unpaired) electrons. The number of carbonyl (C=O) groups is 1. The fourth-order valence-corrected chi connectivity index (χ4v) is 0.459. The molecule has 0 rings (SSSR count). The van der Waals surface area contributed by atoms with Gasteiger partial charge in [0.15, 0.2) is 0 Å². The van der Waals surface area contributed by atoms with Crippen LogP contribution in [0, 0.1) is 0 Å². The Bertz CT molecular complexity index is 92.7. The van der Waals surface area contributed by atoms with Crippen LogP contribution in [-0.4, -0.2) is 6.29 Å². The summed E-state index contributed by atoms with van der Waals surface area (Å²) in [6.45, 7) is 1.80. The molecule has 0 saturated heterocycles. The van der Waals surface area contributed by atoms with E-state index in [9.17, 15) is 4.79 Å². The molecule has 0 aromatic carbocycles. The molecule has 0 aliphatic heterocycles. The molecule has 46 valence electrons. The second-order valence-corrected chi connectivity index (χ2v) is 2.13. The fourth-order valence-electron chi connectivity index (χ4n) is 0.350. The normalized spacial score (nSPS) is 11.5. The first-order valence-electron chi connectivity index (χ1n) is 2.53. The van der Waals surface area contributed by atoms with Gasteiger partial charge in [-0.15, -0.1) is 0 Å². The van der Waals surface area contributed by atoms with Crippen molar-refractivity contribution in [3.05, 3.63) is 11.1 Å². The summed E-state index contributed by atoms with van der Waals surface area (Å²) < 4.78 is 0. The number of carbonyl (C=O) groups excluding carboxylic acids is 1. The Morgan fingerprint density at radius 3 is 2.62 bits per heavy atom. The van der Waals surface area contributed by atoms with Crippen LogP contribution < -0.4 is 0 Å². The predicted octanol–water partition coefficient (Wildman–Crippen LogP) is 2.11. The summed E-state index contributed by atoms with van der Waals surface area (Å²) in [5, 5.41) is 0.756. The summed E-state index contributed by atoms with van der Waals surface area (Å²) in [4.78, 5) is 9.71. The molecular weight excluding hydrogens is 124 g/mol. The highest BCUT2D eigenvalue weighted by atomic mass is 35.5. The van der Waals surface area contributed by atoms with E-state index in [0.717, 1.165) is 17.7 Å². The number of aldehydes is 1. The highest BCUT2D eigenvalue weighted by molar-refractivity contribution is 6.29. The van der Waals surface area contributed by atoms with Crippen LogP contribution in [0.25, 0.3) is 0 Å². The molecule has 0 unspecified atom stereocenters. The molecule has 0 N–H and O–H groups in total. The van der Waals surface area contributed by atoms with E-state index in [1.165, 1.54) is 0 Å². The Morgan fingerprint density at radius 1 is 1.62 bits per heavy atom. The van der Waals surface area contributed by atoms with Gasteiger partial charge in [-0.25, -0.2) is 0 Å². The van der Waals surface area contributed by atoms with Crippen molar-refractivity contribution in [2.45, 2.75) is 19.8 Å². The van der Waals surface area contributed by atoms with Crippen molar-refractivity contribution in [3.8, 4) is 0 Å².